The fourth-order valence-corrected chi connectivity index (χ4v) is 4.05. The minimum atomic E-state index is -0.902. The summed E-state index contributed by atoms with van der Waals surface area (Å²) in [4.78, 5) is 10.6. The number of rotatable bonds is 14. The van der Waals surface area contributed by atoms with Gasteiger partial charge in [-0.1, -0.05) is 77.0 Å². The Hall–Kier alpha value is 0.0500. The Kier molecular flexibility index (Phi) is 12.2. The molecule has 1 aliphatic rings. The van der Waals surface area contributed by atoms with E-state index in [0.717, 1.165) is 44.4 Å². The first-order valence-electron chi connectivity index (χ1n) is 9.60. The lowest BCUT2D eigenvalue weighted by Gasteiger charge is -2.11. The van der Waals surface area contributed by atoms with Crippen LogP contribution in [-0.4, -0.2) is 21.8 Å². The van der Waals surface area contributed by atoms with Gasteiger partial charge in [-0.3, -0.25) is 4.79 Å². The molecule has 0 bridgehead atoms. The van der Waals surface area contributed by atoms with E-state index in [4.69, 9.17) is 28.3 Å². The SMILES string of the molecule is O=C(O)C(Cl)CCCCCCC(Cl)CCCCCC1CCCC1. The number of hydrogen-bond donors (Lipinski definition) is 1. The Morgan fingerprint density at radius 3 is 1.96 bits per heavy atom. The molecular weight excluding hydrogens is 331 g/mol. The fraction of sp³-hybridized carbons (Fsp3) is 0.947. The van der Waals surface area contributed by atoms with Crippen molar-refractivity contribution in [2.75, 3.05) is 0 Å². The first-order valence-corrected chi connectivity index (χ1v) is 10.5. The van der Waals surface area contributed by atoms with Crippen LogP contribution in [0.3, 0.4) is 0 Å². The number of unbranched alkanes of at least 4 members (excludes halogenated alkanes) is 5. The molecule has 0 spiro atoms. The van der Waals surface area contributed by atoms with E-state index in [9.17, 15) is 4.79 Å². The van der Waals surface area contributed by atoms with Gasteiger partial charge in [0.15, 0.2) is 0 Å². The summed E-state index contributed by atoms with van der Waals surface area (Å²) in [5.41, 5.74) is 0. The van der Waals surface area contributed by atoms with Crippen molar-refractivity contribution >= 4 is 29.2 Å². The molecule has 0 aliphatic heterocycles. The zero-order valence-corrected chi connectivity index (χ0v) is 16.0. The summed E-state index contributed by atoms with van der Waals surface area (Å²) >= 11 is 12.1. The maximum Gasteiger partial charge on any atom is 0.321 e. The van der Waals surface area contributed by atoms with Gasteiger partial charge in [-0.15, -0.1) is 23.2 Å². The maximum absolute atomic E-state index is 10.6. The normalized spacial score (nSPS) is 18.2. The monoisotopic (exact) mass is 364 g/mol. The molecule has 0 aromatic rings. The van der Waals surface area contributed by atoms with Crippen molar-refractivity contribution in [3.63, 3.8) is 0 Å². The standard InChI is InChI=1S/C19H34Cl2O2/c20-17(13-5-1-2-7-15-18(21)19(22)23)14-6-3-4-10-16-11-8-9-12-16/h16-18H,1-15H2,(H,22,23). The molecule has 1 rings (SSSR count). The predicted octanol–water partition coefficient (Wildman–Crippen LogP) is 6.77. The highest BCUT2D eigenvalue weighted by Crippen LogP contribution is 2.29. The molecule has 2 nitrogen and oxygen atoms in total. The highest BCUT2D eigenvalue weighted by atomic mass is 35.5. The lowest BCUT2D eigenvalue weighted by Crippen LogP contribution is -2.12. The zero-order valence-electron chi connectivity index (χ0n) is 14.5. The Bertz CT molecular complexity index is 304. The molecule has 1 saturated carbocycles. The molecule has 1 fully saturated rings. The molecule has 1 aliphatic carbocycles. The van der Waals surface area contributed by atoms with Gasteiger partial charge < -0.3 is 5.11 Å². The Morgan fingerprint density at radius 1 is 0.870 bits per heavy atom. The van der Waals surface area contributed by atoms with Gasteiger partial charge >= 0.3 is 5.97 Å². The number of alkyl halides is 2. The summed E-state index contributed by atoms with van der Waals surface area (Å²) in [6.45, 7) is 0. The van der Waals surface area contributed by atoms with Gasteiger partial charge in [-0.25, -0.2) is 0 Å². The molecule has 2 unspecified atom stereocenters. The molecule has 0 saturated heterocycles. The van der Waals surface area contributed by atoms with Gasteiger partial charge in [0, 0.05) is 5.38 Å². The second kappa shape index (κ2) is 13.4. The van der Waals surface area contributed by atoms with E-state index < -0.39 is 11.3 Å². The van der Waals surface area contributed by atoms with Gasteiger partial charge in [0.25, 0.3) is 0 Å². The van der Waals surface area contributed by atoms with Crippen molar-refractivity contribution in [2.24, 2.45) is 5.92 Å². The summed E-state index contributed by atoms with van der Waals surface area (Å²) in [6.07, 6.45) is 18.3. The number of carboxylic acid groups (broad SMARTS) is 1. The number of carboxylic acids is 1. The highest BCUT2D eigenvalue weighted by Gasteiger charge is 2.14. The molecule has 4 heteroatoms. The van der Waals surface area contributed by atoms with Crippen LogP contribution in [0.4, 0.5) is 0 Å². The fourth-order valence-electron chi connectivity index (χ4n) is 3.59. The quantitative estimate of drug-likeness (QED) is 0.272. The van der Waals surface area contributed by atoms with E-state index in [0.29, 0.717) is 11.8 Å². The molecule has 0 heterocycles. The maximum atomic E-state index is 10.6. The predicted molar refractivity (Wildman–Crippen MR) is 99.7 cm³/mol. The van der Waals surface area contributed by atoms with Gasteiger partial charge in [0.2, 0.25) is 0 Å². The lowest BCUT2D eigenvalue weighted by atomic mass is 9.98. The van der Waals surface area contributed by atoms with Gasteiger partial charge in [0.05, 0.1) is 0 Å². The van der Waals surface area contributed by atoms with Crippen molar-refractivity contribution < 1.29 is 9.90 Å². The van der Waals surface area contributed by atoms with Crippen LogP contribution in [0.15, 0.2) is 0 Å². The second-order valence-corrected chi connectivity index (χ2v) is 8.33. The van der Waals surface area contributed by atoms with Gasteiger partial charge in [-0.05, 0) is 25.2 Å². The first-order chi connectivity index (χ1) is 11.1. The molecule has 23 heavy (non-hydrogen) atoms. The molecule has 0 amide bonds. The van der Waals surface area contributed by atoms with Crippen molar-refractivity contribution in [1.29, 1.82) is 0 Å². The van der Waals surface area contributed by atoms with E-state index in [2.05, 4.69) is 0 Å². The molecular formula is C19H34Cl2O2. The first kappa shape index (κ1) is 21.1. The number of carbonyl (C=O) groups is 1. The topological polar surface area (TPSA) is 37.3 Å². The molecule has 2 atom stereocenters. The van der Waals surface area contributed by atoms with Crippen LogP contribution in [0.25, 0.3) is 0 Å². The smallest absolute Gasteiger partial charge is 0.321 e. The van der Waals surface area contributed by atoms with Crippen LogP contribution in [0.1, 0.15) is 96.3 Å². The largest absolute Gasteiger partial charge is 0.480 e. The van der Waals surface area contributed by atoms with Crippen LogP contribution < -0.4 is 0 Å². The van der Waals surface area contributed by atoms with Gasteiger partial charge in [-0.2, -0.15) is 0 Å². The van der Waals surface area contributed by atoms with Crippen LogP contribution in [0.5, 0.6) is 0 Å². The third-order valence-corrected chi connectivity index (χ3v) is 5.94. The second-order valence-electron chi connectivity index (χ2n) is 7.18. The van der Waals surface area contributed by atoms with E-state index in [1.807, 2.05) is 0 Å². The Balaban J connectivity index is 1.82. The Labute approximate surface area is 152 Å². The number of aliphatic carboxylic acids is 1. The van der Waals surface area contributed by atoms with Crippen molar-refractivity contribution in [3.05, 3.63) is 0 Å². The van der Waals surface area contributed by atoms with Crippen LogP contribution >= 0.6 is 23.2 Å². The van der Waals surface area contributed by atoms with Gasteiger partial charge in [0.1, 0.15) is 5.38 Å². The zero-order chi connectivity index (χ0) is 16.9. The minimum Gasteiger partial charge on any atom is -0.480 e. The minimum absolute atomic E-state index is 0.321. The molecule has 136 valence electrons. The van der Waals surface area contributed by atoms with Crippen LogP contribution in [0, 0.1) is 5.92 Å². The summed E-state index contributed by atoms with van der Waals surface area (Å²) < 4.78 is 0. The summed E-state index contributed by atoms with van der Waals surface area (Å²) in [5, 5.41) is 8.29. The summed E-state index contributed by atoms with van der Waals surface area (Å²) in [7, 11) is 0. The molecule has 1 N–H and O–H groups in total. The van der Waals surface area contributed by atoms with Crippen molar-refractivity contribution in [1.82, 2.24) is 0 Å². The number of halogens is 2. The van der Waals surface area contributed by atoms with Crippen LogP contribution in [-0.2, 0) is 4.79 Å². The van der Waals surface area contributed by atoms with E-state index in [-0.39, 0.29) is 0 Å². The Morgan fingerprint density at radius 2 is 1.39 bits per heavy atom. The molecule has 0 aromatic heterocycles. The van der Waals surface area contributed by atoms with Crippen LogP contribution in [0.2, 0.25) is 0 Å². The highest BCUT2D eigenvalue weighted by molar-refractivity contribution is 6.29. The third kappa shape index (κ3) is 11.3. The average Bonchev–Trinajstić information content (AvgIpc) is 3.03. The molecule has 0 aromatic carbocycles. The number of hydrogen-bond acceptors (Lipinski definition) is 1. The van der Waals surface area contributed by atoms with E-state index >= 15 is 0 Å². The third-order valence-electron chi connectivity index (χ3n) is 5.10. The van der Waals surface area contributed by atoms with E-state index in [1.54, 1.807) is 0 Å². The lowest BCUT2D eigenvalue weighted by molar-refractivity contribution is -0.136. The average molecular weight is 365 g/mol. The summed E-state index contributed by atoms with van der Waals surface area (Å²) in [6, 6.07) is 0. The summed E-state index contributed by atoms with van der Waals surface area (Å²) in [5.74, 6) is 0.121. The van der Waals surface area contributed by atoms with Crippen molar-refractivity contribution in [3.8, 4) is 0 Å². The molecule has 0 radical (unpaired) electrons. The van der Waals surface area contributed by atoms with E-state index in [1.165, 1.54) is 51.4 Å². The van der Waals surface area contributed by atoms with Crippen molar-refractivity contribution in [2.45, 2.75) is 107 Å².